The molecule has 0 aromatic heterocycles. The lowest BCUT2D eigenvalue weighted by atomic mass is 9.95. The number of carboxylic acid groups (broad SMARTS) is 1. The molecular weight excluding hydrogens is 221 g/mol. The van der Waals surface area contributed by atoms with Gasteiger partial charge in [0.15, 0.2) is 0 Å². The lowest BCUT2D eigenvalue weighted by Crippen LogP contribution is -2.23. The van der Waals surface area contributed by atoms with Crippen molar-refractivity contribution in [1.82, 2.24) is 0 Å². The number of rotatable bonds is 8. The van der Waals surface area contributed by atoms with E-state index in [0.29, 0.717) is 6.42 Å². The van der Waals surface area contributed by atoms with Crippen LogP contribution in [0.4, 0.5) is 13.2 Å². The molecule has 96 valence electrons. The van der Waals surface area contributed by atoms with Gasteiger partial charge in [0.1, 0.15) is 0 Å². The van der Waals surface area contributed by atoms with Crippen LogP contribution in [-0.4, -0.2) is 17.3 Å². The zero-order valence-corrected chi connectivity index (χ0v) is 9.52. The van der Waals surface area contributed by atoms with Crippen LogP contribution < -0.4 is 0 Å². The second-order valence-electron chi connectivity index (χ2n) is 4.02. The highest BCUT2D eigenvalue weighted by Gasteiger charge is 2.38. The van der Waals surface area contributed by atoms with Crippen molar-refractivity contribution in [1.29, 1.82) is 0 Å². The summed E-state index contributed by atoms with van der Waals surface area (Å²) in [5.41, 5.74) is 0. The molecule has 0 bridgehead atoms. The highest BCUT2D eigenvalue weighted by atomic mass is 19.4. The molecule has 0 saturated heterocycles. The molecule has 1 atom stereocenters. The number of alkyl halides is 3. The predicted molar refractivity (Wildman–Crippen MR) is 55.2 cm³/mol. The summed E-state index contributed by atoms with van der Waals surface area (Å²) in [6.45, 7) is 1.99. The van der Waals surface area contributed by atoms with E-state index in [1.54, 1.807) is 0 Å². The molecule has 0 aromatic rings. The molecule has 0 rings (SSSR count). The van der Waals surface area contributed by atoms with Gasteiger partial charge in [-0.1, -0.05) is 32.6 Å². The average molecular weight is 240 g/mol. The monoisotopic (exact) mass is 240 g/mol. The standard InChI is InChI=1S/C11H19F3O2/c1-2-3-4-5-6-9(11(12,13)14)7-8-10(15)16/h9H,2-8H2,1H3,(H,15,16). The van der Waals surface area contributed by atoms with Crippen LogP contribution in [0.1, 0.15) is 51.9 Å². The number of aliphatic carboxylic acids is 1. The first-order chi connectivity index (χ1) is 7.38. The zero-order valence-electron chi connectivity index (χ0n) is 9.52. The molecule has 16 heavy (non-hydrogen) atoms. The topological polar surface area (TPSA) is 37.3 Å². The van der Waals surface area contributed by atoms with Crippen molar-refractivity contribution in [2.24, 2.45) is 5.92 Å². The van der Waals surface area contributed by atoms with Crippen molar-refractivity contribution in [3.8, 4) is 0 Å². The van der Waals surface area contributed by atoms with E-state index in [9.17, 15) is 18.0 Å². The molecule has 1 unspecified atom stereocenters. The molecule has 0 aromatic carbocycles. The second-order valence-corrected chi connectivity index (χ2v) is 4.02. The molecule has 0 aliphatic carbocycles. The SMILES string of the molecule is CCCCCCC(CCC(=O)O)C(F)(F)F. The summed E-state index contributed by atoms with van der Waals surface area (Å²) >= 11 is 0. The number of halogens is 3. The molecule has 2 nitrogen and oxygen atoms in total. The Hall–Kier alpha value is -0.740. The number of unbranched alkanes of at least 4 members (excludes halogenated alkanes) is 3. The minimum absolute atomic E-state index is 0.0524. The van der Waals surface area contributed by atoms with Crippen LogP contribution in [0, 0.1) is 5.92 Å². The molecule has 0 heterocycles. The molecule has 0 amide bonds. The summed E-state index contributed by atoms with van der Waals surface area (Å²) in [6.07, 6.45) is -1.69. The van der Waals surface area contributed by atoms with Crippen LogP contribution in [-0.2, 0) is 4.79 Å². The molecule has 0 fully saturated rings. The van der Waals surface area contributed by atoms with Crippen molar-refractivity contribution in [2.75, 3.05) is 0 Å². The zero-order chi connectivity index (χ0) is 12.6. The van der Waals surface area contributed by atoms with Gasteiger partial charge in [0.25, 0.3) is 0 Å². The van der Waals surface area contributed by atoms with Gasteiger partial charge < -0.3 is 5.11 Å². The Labute approximate surface area is 93.8 Å². The molecule has 0 radical (unpaired) electrons. The summed E-state index contributed by atoms with van der Waals surface area (Å²) < 4.78 is 37.5. The van der Waals surface area contributed by atoms with Gasteiger partial charge in [0, 0.05) is 6.42 Å². The Balaban J connectivity index is 3.97. The Bertz CT molecular complexity index is 202. The Morgan fingerprint density at radius 3 is 2.25 bits per heavy atom. The van der Waals surface area contributed by atoms with E-state index in [1.807, 2.05) is 6.92 Å². The van der Waals surface area contributed by atoms with E-state index < -0.39 is 24.5 Å². The van der Waals surface area contributed by atoms with E-state index in [1.165, 1.54) is 0 Å². The van der Waals surface area contributed by atoms with Crippen molar-refractivity contribution < 1.29 is 23.1 Å². The van der Waals surface area contributed by atoms with Crippen LogP contribution in [0.5, 0.6) is 0 Å². The van der Waals surface area contributed by atoms with Gasteiger partial charge in [-0.05, 0) is 12.8 Å². The maximum absolute atomic E-state index is 12.5. The Morgan fingerprint density at radius 1 is 1.19 bits per heavy atom. The first-order valence-electron chi connectivity index (χ1n) is 5.66. The van der Waals surface area contributed by atoms with Gasteiger partial charge in [0.2, 0.25) is 0 Å². The fourth-order valence-electron chi connectivity index (χ4n) is 1.59. The minimum Gasteiger partial charge on any atom is -0.481 e. The summed E-state index contributed by atoms with van der Waals surface area (Å²) in [4.78, 5) is 10.2. The van der Waals surface area contributed by atoms with Crippen LogP contribution in [0.25, 0.3) is 0 Å². The van der Waals surface area contributed by atoms with E-state index >= 15 is 0 Å². The molecule has 0 saturated carbocycles. The largest absolute Gasteiger partial charge is 0.481 e. The fourth-order valence-corrected chi connectivity index (χ4v) is 1.59. The number of carboxylic acids is 1. The Morgan fingerprint density at radius 2 is 1.81 bits per heavy atom. The van der Waals surface area contributed by atoms with Crippen molar-refractivity contribution in [3.63, 3.8) is 0 Å². The van der Waals surface area contributed by atoms with E-state index in [2.05, 4.69) is 0 Å². The van der Waals surface area contributed by atoms with Crippen LogP contribution in [0.2, 0.25) is 0 Å². The first-order valence-corrected chi connectivity index (χ1v) is 5.66. The highest BCUT2D eigenvalue weighted by Crippen LogP contribution is 2.33. The van der Waals surface area contributed by atoms with Gasteiger partial charge in [0.05, 0.1) is 5.92 Å². The smallest absolute Gasteiger partial charge is 0.391 e. The molecule has 0 aliphatic rings. The number of hydrogen-bond acceptors (Lipinski definition) is 1. The van der Waals surface area contributed by atoms with Gasteiger partial charge >= 0.3 is 12.1 Å². The summed E-state index contributed by atoms with van der Waals surface area (Å²) in [5, 5.41) is 8.37. The van der Waals surface area contributed by atoms with Crippen molar-refractivity contribution in [2.45, 2.75) is 58.0 Å². The third-order valence-electron chi connectivity index (χ3n) is 2.58. The van der Waals surface area contributed by atoms with Crippen molar-refractivity contribution >= 4 is 5.97 Å². The quantitative estimate of drug-likeness (QED) is 0.651. The summed E-state index contributed by atoms with van der Waals surface area (Å²) in [6, 6.07) is 0. The molecule has 1 N–H and O–H groups in total. The first kappa shape index (κ1) is 15.3. The lowest BCUT2D eigenvalue weighted by molar-refractivity contribution is -0.179. The van der Waals surface area contributed by atoms with Gasteiger partial charge in [-0.15, -0.1) is 0 Å². The van der Waals surface area contributed by atoms with Gasteiger partial charge in [-0.2, -0.15) is 13.2 Å². The molecule has 5 heteroatoms. The summed E-state index contributed by atoms with van der Waals surface area (Å²) in [7, 11) is 0. The fraction of sp³-hybridized carbons (Fsp3) is 0.909. The second kappa shape index (κ2) is 7.52. The third-order valence-corrected chi connectivity index (χ3v) is 2.58. The molecular formula is C11H19F3O2. The van der Waals surface area contributed by atoms with E-state index in [4.69, 9.17) is 5.11 Å². The Kier molecular flexibility index (Phi) is 7.17. The molecule has 0 aliphatic heterocycles. The van der Waals surface area contributed by atoms with Crippen LogP contribution >= 0.6 is 0 Å². The summed E-state index contributed by atoms with van der Waals surface area (Å²) in [5.74, 6) is -2.62. The van der Waals surface area contributed by atoms with E-state index in [-0.39, 0.29) is 12.8 Å². The number of carbonyl (C=O) groups is 1. The predicted octanol–water partition coefficient (Wildman–Crippen LogP) is 4.00. The van der Waals surface area contributed by atoms with Gasteiger partial charge in [-0.3, -0.25) is 4.79 Å². The molecule has 0 spiro atoms. The van der Waals surface area contributed by atoms with Crippen LogP contribution in [0.3, 0.4) is 0 Å². The number of hydrogen-bond donors (Lipinski definition) is 1. The average Bonchev–Trinajstić information content (AvgIpc) is 2.14. The highest BCUT2D eigenvalue weighted by molar-refractivity contribution is 5.66. The van der Waals surface area contributed by atoms with E-state index in [0.717, 1.165) is 19.3 Å². The maximum atomic E-state index is 12.5. The normalized spacial score (nSPS) is 13.8. The lowest BCUT2D eigenvalue weighted by Gasteiger charge is -2.19. The van der Waals surface area contributed by atoms with Crippen LogP contribution in [0.15, 0.2) is 0 Å². The van der Waals surface area contributed by atoms with Crippen molar-refractivity contribution in [3.05, 3.63) is 0 Å². The third kappa shape index (κ3) is 7.54. The minimum atomic E-state index is -4.26. The maximum Gasteiger partial charge on any atom is 0.391 e. The van der Waals surface area contributed by atoms with Gasteiger partial charge in [-0.25, -0.2) is 0 Å².